The zero-order chi connectivity index (χ0) is 12.5. The molecule has 90 valence electrons. The summed E-state index contributed by atoms with van der Waals surface area (Å²) in [6.07, 6.45) is 2.96. The Hall–Kier alpha value is -1.75. The Morgan fingerprint density at radius 2 is 2.41 bits per heavy atom. The first kappa shape index (κ1) is 11.7. The van der Waals surface area contributed by atoms with Crippen LogP contribution in [0.5, 0.6) is 0 Å². The van der Waals surface area contributed by atoms with Gasteiger partial charge < -0.3 is 9.64 Å². The fraction of sp³-hybridized carbons (Fsp3) is 0.500. The van der Waals surface area contributed by atoms with Gasteiger partial charge in [0.1, 0.15) is 24.8 Å². The predicted molar refractivity (Wildman–Crippen MR) is 60.5 cm³/mol. The molecule has 0 fully saturated rings. The van der Waals surface area contributed by atoms with E-state index in [0.717, 1.165) is 0 Å². The summed E-state index contributed by atoms with van der Waals surface area (Å²) in [5.41, 5.74) is 12.6. The predicted octanol–water partition coefficient (Wildman–Crippen LogP) is -0.531. The number of aromatic nitrogens is 2. The molecule has 0 bridgehead atoms. The zero-order valence-corrected chi connectivity index (χ0v) is 9.50. The smallest absolute Gasteiger partial charge is 0.165 e. The normalized spacial score (nSPS) is 21.1. The third kappa shape index (κ3) is 1.72. The molecule has 17 heavy (non-hydrogen) atoms. The van der Waals surface area contributed by atoms with Crippen molar-refractivity contribution < 1.29 is 4.74 Å². The molecule has 0 amide bonds. The van der Waals surface area contributed by atoms with Crippen molar-refractivity contribution in [1.29, 1.82) is 5.26 Å². The van der Waals surface area contributed by atoms with Crippen molar-refractivity contribution >= 4 is 5.82 Å². The van der Waals surface area contributed by atoms with Gasteiger partial charge in [0.2, 0.25) is 0 Å². The van der Waals surface area contributed by atoms with Crippen molar-refractivity contribution in [3.05, 3.63) is 18.1 Å². The van der Waals surface area contributed by atoms with E-state index in [1.54, 1.807) is 11.1 Å². The van der Waals surface area contributed by atoms with Crippen LogP contribution in [-0.2, 0) is 4.74 Å². The van der Waals surface area contributed by atoms with Gasteiger partial charge in [-0.3, -0.25) is 11.5 Å². The molecular formula is C10H14N6O. The van der Waals surface area contributed by atoms with Crippen molar-refractivity contribution in [2.45, 2.75) is 18.6 Å². The number of hydrogen-bond acceptors (Lipinski definition) is 7. The van der Waals surface area contributed by atoms with Crippen molar-refractivity contribution in [3.8, 4) is 6.07 Å². The number of hydrogen-bond donors (Lipinski definition) is 2. The number of nitrogens with two attached hydrogens (primary N) is 2. The van der Waals surface area contributed by atoms with E-state index >= 15 is 0 Å². The van der Waals surface area contributed by atoms with Crippen molar-refractivity contribution in [2.24, 2.45) is 11.5 Å². The second kappa shape index (κ2) is 4.25. The maximum atomic E-state index is 9.16. The number of ether oxygens (including phenoxy) is 1. The van der Waals surface area contributed by atoms with Gasteiger partial charge in [0.15, 0.2) is 5.79 Å². The summed E-state index contributed by atoms with van der Waals surface area (Å²) in [5.74, 6) is -1.42. The third-order valence-electron chi connectivity index (χ3n) is 2.77. The van der Waals surface area contributed by atoms with Gasteiger partial charge in [-0.15, -0.1) is 0 Å². The van der Waals surface area contributed by atoms with Gasteiger partial charge in [0.05, 0.1) is 6.07 Å². The minimum atomic E-state index is -1.32. The van der Waals surface area contributed by atoms with Crippen LogP contribution >= 0.6 is 0 Å². The van der Waals surface area contributed by atoms with Crippen LogP contribution in [0, 0.1) is 11.3 Å². The summed E-state index contributed by atoms with van der Waals surface area (Å²) in [6, 6.07) is 2.09. The Balaban J connectivity index is 2.42. The number of anilines is 1. The lowest BCUT2D eigenvalue weighted by atomic mass is 10.0. The average Bonchev–Trinajstić information content (AvgIpc) is 2.53. The molecule has 1 atom stereocenters. The van der Waals surface area contributed by atoms with E-state index < -0.39 is 11.7 Å². The largest absolute Gasteiger partial charge is 0.361 e. The molecule has 0 radical (unpaired) electrons. The van der Waals surface area contributed by atoms with E-state index in [1.807, 2.05) is 6.92 Å². The molecule has 1 aromatic rings. The Morgan fingerprint density at radius 1 is 1.65 bits per heavy atom. The van der Waals surface area contributed by atoms with Gasteiger partial charge in [-0.1, -0.05) is 0 Å². The van der Waals surface area contributed by atoms with Gasteiger partial charge in [-0.05, 0) is 6.92 Å². The second-order valence-electron chi connectivity index (χ2n) is 3.80. The molecule has 1 aliphatic heterocycles. The highest BCUT2D eigenvalue weighted by Crippen LogP contribution is 2.39. The minimum absolute atomic E-state index is 0.200. The van der Waals surface area contributed by atoms with Crippen LogP contribution in [-0.4, -0.2) is 29.1 Å². The molecule has 1 unspecified atom stereocenters. The SMILES string of the molecule is CCOCN1c2ncncc2C(C#N)C1(N)N. The zero-order valence-electron chi connectivity index (χ0n) is 9.50. The third-order valence-corrected chi connectivity index (χ3v) is 2.77. The van der Waals surface area contributed by atoms with E-state index in [9.17, 15) is 0 Å². The summed E-state index contributed by atoms with van der Waals surface area (Å²) in [6.45, 7) is 2.60. The standard InChI is InChI=1S/C10H14N6O/c1-2-17-6-16-9-7(4-14-5-15-9)8(3-11)10(16,12)13/h4-5,8H,2,6,12-13H2,1H3. The number of nitriles is 1. The molecule has 0 saturated heterocycles. The molecule has 0 spiro atoms. The summed E-state index contributed by atoms with van der Waals surface area (Å²) >= 11 is 0. The van der Waals surface area contributed by atoms with Crippen LogP contribution < -0.4 is 16.4 Å². The first-order valence-corrected chi connectivity index (χ1v) is 5.25. The van der Waals surface area contributed by atoms with Crippen LogP contribution in [0.1, 0.15) is 18.4 Å². The minimum Gasteiger partial charge on any atom is -0.361 e. The first-order chi connectivity index (χ1) is 8.12. The fourth-order valence-corrected chi connectivity index (χ4v) is 1.88. The summed E-state index contributed by atoms with van der Waals surface area (Å²) in [7, 11) is 0. The van der Waals surface area contributed by atoms with Crippen molar-refractivity contribution in [1.82, 2.24) is 9.97 Å². The molecule has 0 aromatic carbocycles. The summed E-state index contributed by atoms with van der Waals surface area (Å²) < 4.78 is 5.30. The molecule has 4 N–H and O–H groups in total. The molecule has 2 heterocycles. The van der Waals surface area contributed by atoms with Gasteiger partial charge in [0.25, 0.3) is 0 Å². The first-order valence-electron chi connectivity index (χ1n) is 5.25. The Labute approximate surface area is 99.0 Å². The lowest BCUT2D eigenvalue weighted by Gasteiger charge is -2.33. The summed E-state index contributed by atoms with van der Waals surface area (Å²) in [5, 5.41) is 9.16. The van der Waals surface area contributed by atoms with Gasteiger partial charge in [-0.2, -0.15) is 5.26 Å². The molecule has 1 aromatic heterocycles. The lowest BCUT2D eigenvalue weighted by molar-refractivity contribution is 0.129. The van der Waals surface area contributed by atoms with Crippen LogP contribution in [0.3, 0.4) is 0 Å². The number of fused-ring (bicyclic) bond motifs is 1. The van der Waals surface area contributed by atoms with Crippen LogP contribution in [0.25, 0.3) is 0 Å². The highest BCUT2D eigenvalue weighted by Gasteiger charge is 2.48. The molecule has 1 aliphatic rings. The Morgan fingerprint density at radius 3 is 3.06 bits per heavy atom. The molecule has 0 aliphatic carbocycles. The van der Waals surface area contributed by atoms with Crippen LogP contribution in [0.2, 0.25) is 0 Å². The Kier molecular flexibility index (Phi) is 2.93. The average molecular weight is 234 g/mol. The van der Waals surface area contributed by atoms with Gasteiger partial charge in [0, 0.05) is 18.4 Å². The van der Waals surface area contributed by atoms with E-state index in [0.29, 0.717) is 18.0 Å². The van der Waals surface area contributed by atoms with Crippen LogP contribution in [0.15, 0.2) is 12.5 Å². The fourth-order valence-electron chi connectivity index (χ4n) is 1.88. The van der Waals surface area contributed by atoms with Gasteiger partial charge >= 0.3 is 0 Å². The molecule has 7 nitrogen and oxygen atoms in total. The van der Waals surface area contributed by atoms with Crippen LogP contribution in [0.4, 0.5) is 5.82 Å². The topological polar surface area (TPSA) is 114 Å². The van der Waals surface area contributed by atoms with E-state index in [1.165, 1.54) is 6.33 Å². The monoisotopic (exact) mass is 234 g/mol. The van der Waals surface area contributed by atoms with E-state index in [2.05, 4.69) is 16.0 Å². The van der Waals surface area contributed by atoms with Crippen molar-refractivity contribution in [3.63, 3.8) is 0 Å². The quantitative estimate of drug-likeness (QED) is 0.675. The maximum absolute atomic E-state index is 9.16. The van der Waals surface area contributed by atoms with E-state index in [4.69, 9.17) is 21.5 Å². The number of rotatable bonds is 3. The summed E-state index contributed by atoms with van der Waals surface area (Å²) in [4.78, 5) is 9.59. The van der Waals surface area contributed by atoms with E-state index in [-0.39, 0.29) is 6.73 Å². The number of nitrogens with zero attached hydrogens (tertiary/aromatic N) is 4. The lowest BCUT2D eigenvalue weighted by Crippen LogP contribution is -2.64. The molecule has 7 heteroatoms. The maximum Gasteiger partial charge on any atom is 0.165 e. The highest BCUT2D eigenvalue weighted by atomic mass is 16.5. The second-order valence-corrected chi connectivity index (χ2v) is 3.80. The molecule has 2 rings (SSSR count). The molecule has 0 saturated carbocycles. The molecular weight excluding hydrogens is 220 g/mol. The van der Waals surface area contributed by atoms with Crippen molar-refractivity contribution in [2.75, 3.05) is 18.2 Å². The Bertz CT molecular complexity index is 454. The highest BCUT2D eigenvalue weighted by molar-refractivity contribution is 5.59. The van der Waals surface area contributed by atoms with Gasteiger partial charge in [-0.25, -0.2) is 9.97 Å².